The summed E-state index contributed by atoms with van der Waals surface area (Å²) in [5.74, 6) is -0.180. The number of anilines is 1. The van der Waals surface area contributed by atoms with Gasteiger partial charge in [0.1, 0.15) is 17.1 Å². The third-order valence-corrected chi connectivity index (χ3v) is 4.14. The lowest BCUT2D eigenvalue weighted by molar-refractivity contribution is -0.145. The van der Waals surface area contributed by atoms with Crippen LogP contribution in [0.2, 0.25) is 0 Å². The number of hydrogen-bond acceptors (Lipinski definition) is 6. The van der Waals surface area contributed by atoms with Gasteiger partial charge in [0.2, 0.25) is 12.0 Å². The number of carboxylic acid groups (broad SMARTS) is 1. The van der Waals surface area contributed by atoms with Crippen LogP contribution in [0.15, 0.2) is 82.0 Å². The zero-order valence-corrected chi connectivity index (χ0v) is 14.6. The molecule has 0 fully saturated rings. The summed E-state index contributed by atoms with van der Waals surface area (Å²) < 4.78 is 16.6. The molecule has 0 aliphatic heterocycles. The van der Waals surface area contributed by atoms with Crippen LogP contribution in [-0.2, 0) is 4.79 Å². The maximum atomic E-state index is 11.8. The molecule has 28 heavy (non-hydrogen) atoms. The van der Waals surface area contributed by atoms with Crippen LogP contribution in [0.4, 0.5) is 5.69 Å². The number of nitrogen functional groups attached to an aromatic ring is 1. The molecule has 1 atom stereocenters. The quantitative estimate of drug-likeness (QED) is 0.513. The van der Waals surface area contributed by atoms with Crippen molar-refractivity contribution >= 4 is 11.7 Å². The second kappa shape index (κ2) is 7.32. The lowest BCUT2D eigenvalue weighted by Crippen LogP contribution is -2.19. The Balaban J connectivity index is 1.82. The van der Waals surface area contributed by atoms with Gasteiger partial charge < -0.3 is 24.4 Å². The molecule has 0 spiro atoms. The molecule has 1 unspecified atom stereocenters. The van der Waals surface area contributed by atoms with Crippen molar-refractivity contribution in [1.82, 2.24) is 4.98 Å². The van der Waals surface area contributed by atoms with E-state index in [0.29, 0.717) is 28.3 Å². The Hall–Kier alpha value is -4.00. The zero-order valence-electron chi connectivity index (χ0n) is 14.6. The van der Waals surface area contributed by atoms with E-state index in [-0.39, 0.29) is 11.6 Å². The van der Waals surface area contributed by atoms with E-state index >= 15 is 0 Å². The number of pyridine rings is 1. The Bertz CT molecular complexity index is 1070. The minimum Gasteiger partial charge on any atom is -0.478 e. The second-order valence-electron chi connectivity index (χ2n) is 5.98. The molecule has 4 aromatic rings. The molecule has 7 nitrogen and oxygen atoms in total. The number of rotatable bonds is 6. The largest absolute Gasteiger partial charge is 0.478 e. The van der Waals surface area contributed by atoms with Crippen molar-refractivity contribution in [3.8, 4) is 28.7 Å². The number of aliphatic carboxylic acids is 1. The second-order valence-corrected chi connectivity index (χ2v) is 5.98. The molecule has 140 valence electrons. The van der Waals surface area contributed by atoms with Gasteiger partial charge in [0.15, 0.2) is 5.76 Å². The van der Waals surface area contributed by atoms with E-state index in [1.165, 1.54) is 12.5 Å². The number of nitrogens with zero attached hydrogens (tertiary/aromatic N) is 1. The van der Waals surface area contributed by atoms with E-state index in [1.54, 1.807) is 60.7 Å². The number of benzene rings is 1. The summed E-state index contributed by atoms with van der Waals surface area (Å²) in [6, 6.07) is 17.2. The van der Waals surface area contributed by atoms with Crippen molar-refractivity contribution in [2.45, 2.75) is 6.10 Å². The summed E-state index contributed by atoms with van der Waals surface area (Å²) in [7, 11) is 0. The molecule has 4 rings (SSSR count). The van der Waals surface area contributed by atoms with E-state index in [1.807, 2.05) is 0 Å². The van der Waals surface area contributed by atoms with Crippen LogP contribution in [0.3, 0.4) is 0 Å². The number of carboxylic acids is 1. The Labute approximate surface area is 160 Å². The van der Waals surface area contributed by atoms with Gasteiger partial charge in [0.25, 0.3) is 0 Å². The highest BCUT2D eigenvalue weighted by Crippen LogP contribution is 2.38. The van der Waals surface area contributed by atoms with E-state index in [2.05, 4.69) is 4.98 Å². The molecular formula is C21H16N2O5. The minimum absolute atomic E-state index is 0.0171. The number of hydrogen-bond donors (Lipinski definition) is 2. The lowest BCUT2D eigenvalue weighted by Gasteiger charge is -2.18. The Morgan fingerprint density at radius 2 is 1.68 bits per heavy atom. The van der Waals surface area contributed by atoms with E-state index in [9.17, 15) is 9.90 Å². The van der Waals surface area contributed by atoms with Crippen molar-refractivity contribution < 1.29 is 23.5 Å². The Morgan fingerprint density at radius 3 is 2.29 bits per heavy atom. The zero-order chi connectivity index (χ0) is 19.5. The SMILES string of the molecule is Nc1c(-c2ccco2)cc(-c2ccco2)nc1OC(C(=O)O)c1ccccc1. The molecule has 3 heterocycles. The summed E-state index contributed by atoms with van der Waals surface area (Å²) in [5, 5.41) is 9.65. The average Bonchev–Trinajstić information content (AvgIpc) is 3.41. The van der Waals surface area contributed by atoms with Gasteiger partial charge in [-0.15, -0.1) is 0 Å². The lowest BCUT2D eigenvalue weighted by atomic mass is 10.1. The number of furan rings is 2. The number of aromatic nitrogens is 1. The van der Waals surface area contributed by atoms with Crippen molar-refractivity contribution in [1.29, 1.82) is 0 Å². The van der Waals surface area contributed by atoms with Gasteiger partial charge in [-0.3, -0.25) is 0 Å². The highest BCUT2D eigenvalue weighted by Gasteiger charge is 2.25. The summed E-state index contributed by atoms with van der Waals surface area (Å²) in [6.07, 6.45) is 1.77. The molecule has 0 aliphatic carbocycles. The van der Waals surface area contributed by atoms with Crippen LogP contribution in [0.25, 0.3) is 22.8 Å². The third-order valence-electron chi connectivity index (χ3n) is 4.14. The van der Waals surface area contributed by atoms with Crippen LogP contribution in [0, 0.1) is 0 Å². The van der Waals surface area contributed by atoms with Crippen molar-refractivity contribution in [2.75, 3.05) is 5.73 Å². The molecule has 0 amide bonds. The van der Waals surface area contributed by atoms with Crippen molar-refractivity contribution in [3.63, 3.8) is 0 Å². The maximum Gasteiger partial charge on any atom is 0.349 e. The molecule has 3 N–H and O–H groups in total. The first-order valence-corrected chi connectivity index (χ1v) is 8.46. The van der Waals surface area contributed by atoms with Gasteiger partial charge in [-0.1, -0.05) is 30.3 Å². The standard InChI is InChI=1S/C21H16N2O5/c22-18-14(16-8-4-10-26-16)12-15(17-9-5-11-27-17)23-20(18)28-19(21(24)25)13-6-2-1-3-7-13/h1-12,19H,22H2,(H,24,25). The topological polar surface area (TPSA) is 112 Å². The van der Waals surface area contributed by atoms with Gasteiger partial charge in [-0.05, 0) is 30.3 Å². The van der Waals surface area contributed by atoms with Gasteiger partial charge in [-0.25, -0.2) is 9.78 Å². The summed E-state index contributed by atoms with van der Waals surface area (Å²) in [6.45, 7) is 0. The molecular weight excluding hydrogens is 360 g/mol. The van der Waals surface area contributed by atoms with Crippen molar-refractivity contribution in [3.05, 3.63) is 78.8 Å². The highest BCUT2D eigenvalue weighted by atomic mass is 16.5. The average molecular weight is 376 g/mol. The molecule has 1 aromatic carbocycles. The van der Waals surface area contributed by atoms with Crippen LogP contribution < -0.4 is 10.5 Å². The Kier molecular flexibility index (Phi) is 4.55. The molecule has 0 saturated carbocycles. The predicted octanol–water partition coefficient (Wildman–Crippen LogP) is 4.39. The fourth-order valence-electron chi connectivity index (χ4n) is 2.81. The summed E-state index contributed by atoms with van der Waals surface area (Å²) in [4.78, 5) is 16.2. The summed E-state index contributed by atoms with van der Waals surface area (Å²) in [5.41, 5.74) is 7.87. The number of ether oxygens (including phenoxy) is 1. The fourth-order valence-corrected chi connectivity index (χ4v) is 2.81. The maximum absolute atomic E-state index is 11.8. The highest BCUT2D eigenvalue weighted by molar-refractivity contribution is 5.81. The van der Waals surface area contributed by atoms with Gasteiger partial charge >= 0.3 is 5.97 Å². The predicted molar refractivity (Wildman–Crippen MR) is 102 cm³/mol. The minimum atomic E-state index is -1.27. The number of nitrogens with two attached hydrogens (primary N) is 1. The Morgan fingerprint density at radius 1 is 1.00 bits per heavy atom. The monoisotopic (exact) mass is 376 g/mol. The first kappa shape index (κ1) is 17.4. The van der Waals surface area contributed by atoms with Gasteiger partial charge in [0, 0.05) is 11.1 Å². The molecule has 0 saturated heterocycles. The smallest absolute Gasteiger partial charge is 0.349 e. The first-order valence-electron chi connectivity index (χ1n) is 8.46. The van der Waals surface area contributed by atoms with Crippen LogP contribution >= 0.6 is 0 Å². The fraction of sp³-hybridized carbons (Fsp3) is 0.0476. The summed E-state index contributed by atoms with van der Waals surface area (Å²) >= 11 is 0. The molecule has 0 bridgehead atoms. The normalized spacial score (nSPS) is 11.9. The molecule has 0 radical (unpaired) electrons. The van der Waals surface area contributed by atoms with Crippen LogP contribution in [0.5, 0.6) is 5.88 Å². The van der Waals surface area contributed by atoms with Crippen LogP contribution in [0.1, 0.15) is 11.7 Å². The van der Waals surface area contributed by atoms with E-state index in [4.69, 9.17) is 19.3 Å². The molecule has 0 aliphatic rings. The van der Waals surface area contributed by atoms with Gasteiger partial charge in [-0.2, -0.15) is 0 Å². The third kappa shape index (κ3) is 3.33. The van der Waals surface area contributed by atoms with Gasteiger partial charge in [0.05, 0.1) is 12.5 Å². The van der Waals surface area contributed by atoms with E-state index in [0.717, 1.165) is 0 Å². The molecule has 7 heteroatoms. The molecule has 3 aromatic heterocycles. The number of carbonyl (C=O) groups is 1. The van der Waals surface area contributed by atoms with E-state index < -0.39 is 12.1 Å². The van der Waals surface area contributed by atoms with Crippen LogP contribution in [-0.4, -0.2) is 16.1 Å². The first-order chi connectivity index (χ1) is 13.6. The van der Waals surface area contributed by atoms with Crippen molar-refractivity contribution in [2.24, 2.45) is 0 Å².